The number of benzene rings is 1. The van der Waals surface area contributed by atoms with Crippen LogP contribution in [0.4, 0.5) is 17.6 Å². The third-order valence-electron chi connectivity index (χ3n) is 4.83. The number of carbonyl (C=O) groups is 1. The fourth-order valence-electron chi connectivity index (χ4n) is 3.36. The molecule has 0 atom stereocenters. The lowest BCUT2D eigenvalue weighted by atomic mass is 10.0. The first kappa shape index (κ1) is 20.5. The molecule has 0 N–H and O–H groups in total. The number of likely N-dealkylation sites (tertiary alicyclic amines) is 1. The van der Waals surface area contributed by atoms with Crippen LogP contribution in [0.2, 0.25) is 0 Å². The predicted molar refractivity (Wildman–Crippen MR) is 102 cm³/mol. The molecule has 0 unspecified atom stereocenters. The second-order valence-electron chi connectivity index (χ2n) is 6.85. The second-order valence-corrected chi connectivity index (χ2v) is 6.85. The van der Waals surface area contributed by atoms with Gasteiger partial charge in [0.1, 0.15) is 11.3 Å². The molecule has 0 bridgehead atoms. The molecule has 1 aliphatic rings. The first-order valence-electron chi connectivity index (χ1n) is 9.00. The third kappa shape index (κ3) is 3.98. The van der Waals surface area contributed by atoms with Gasteiger partial charge < -0.3 is 14.2 Å². The molecule has 3 aromatic rings. The molecule has 0 radical (unpaired) electrons. The fourth-order valence-corrected chi connectivity index (χ4v) is 3.36. The van der Waals surface area contributed by atoms with Gasteiger partial charge in [-0.15, -0.1) is 13.2 Å². The molecule has 1 saturated heterocycles. The Morgan fingerprint density at radius 2 is 1.71 bits per heavy atom. The number of aromatic nitrogens is 3. The number of hydrogen-bond donors (Lipinski definition) is 0. The number of ether oxygens (including phenoxy) is 1. The summed E-state index contributed by atoms with van der Waals surface area (Å²) < 4.78 is 55.5. The van der Waals surface area contributed by atoms with Gasteiger partial charge in [0.15, 0.2) is 11.3 Å². The molecule has 160 valence electrons. The summed E-state index contributed by atoms with van der Waals surface area (Å²) in [5.41, 5.74) is 0.840. The number of halogens is 4. The van der Waals surface area contributed by atoms with E-state index in [1.54, 1.807) is 0 Å². The van der Waals surface area contributed by atoms with E-state index >= 15 is 0 Å². The molecular formula is C20H14F4N4O3. The standard InChI is InChI=1S/C20H14F4N4O3/c1-11(21)18(29)27-8-13(9-27)28-10-15(16-17(19(28)30)26-7-6-25-16)12-2-4-14(5-3-12)31-20(22,23)24/h2-7,10,13H,1,8-9H2. The van der Waals surface area contributed by atoms with Crippen LogP contribution in [0, 0.1) is 0 Å². The monoisotopic (exact) mass is 434 g/mol. The first-order chi connectivity index (χ1) is 14.6. The van der Waals surface area contributed by atoms with Crippen molar-refractivity contribution in [1.82, 2.24) is 19.4 Å². The Balaban J connectivity index is 1.73. The van der Waals surface area contributed by atoms with Crippen LogP contribution in [-0.2, 0) is 4.79 Å². The van der Waals surface area contributed by atoms with E-state index in [-0.39, 0.29) is 29.9 Å². The van der Waals surface area contributed by atoms with Gasteiger partial charge in [0.25, 0.3) is 11.5 Å². The number of carbonyl (C=O) groups excluding carboxylic acids is 1. The summed E-state index contributed by atoms with van der Waals surface area (Å²) in [4.78, 5) is 34.1. The van der Waals surface area contributed by atoms with Crippen molar-refractivity contribution in [2.45, 2.75) is 12.4 Å². The van der Waals surface area contributed by atoms with Crippen LogP contribution in [0.5, 0.6) is 5.75 Å². The van der Waals surface area contributed by atoms with Gasteiger partial charge in [0, 0.05) is 37.2 Å². The molecule has 1 amide bonds. The highest BCUT2D eigenvalue weighted by molar-refractivity contribution is 5.92. The van der Waals surface area contributed by atoms with Crippen molar-refractivity contribution in [3.8, 4) is 16.9 Å². The maximum Gasteiger partial charge on any atom is 0.573 e. The van der Waals surface area contributed by atoms with Crippen LogP contribution in [-0.4, -0.2) is 44.8 Å². The van der Waals surface area contributed by atoms with Gasteiger partial charge >= 0.3 is 6.36 Å². The highest BCUT2D eigenvalue weighted by atomic mass is 19.4. The minimum absolute atomic E-state index is 0.0651. The summed E-state index contributed by atoms with van der Waals surface area (Å²) in [6.45, 7) is 3.18. The van der Waals surface area contributed by atoms with E-state index in [0.717, 1.165) is 12.1 Å². The largest absolute Gasteiger partial charge is 0.573 e. The van der Waals surface area contributed by atoms with Crippen molar-refractivity contribution in [3.05, 3.63) is 65.6 Å². The number of pyridine rings is 1. The Hall–Kier alpha value is -3.76. The maximum absolute atomic E-state index is 13.1. The maximum atomic E-state index is 13.1. The Labute approximate surface area is 172 Å². The van der Waals surface area contributed by atoms with Crippen molar-refractivity contribution in [2.24, 2.45) is 0 Å². The van der Waals surface area contributed by atoms with Gasteiger partial charge in [-0.1, -0.05) is 18.7 Å². The van der Waals surface area contributed by atoms with Crippen LogP contribution in [0.3, 0.4) is 0 Å². The summed E-state index contributed by atoms with van der Waals surface area (Å²) in [7, 11) is 0. The lowest BCUT2D eigenvalue weighted by molar-refractivity contribution is -0.274. The quantitative estimate of drug-likeness (QED) is 0.466. The van der Waals surface area contributed by atoms with Crippen molar-refractivity contribution in [2.75, 3.05) is 13.1 Å². The van der Waals surface area contributed by atoms with E-state index in [1.807, 2.05) is 0 Å². The second kappa shape index (κ2) is 7.49. The summed E-state index contributed by atoms with van der Waals surface area (Å²) in [6, 6.07) is 4.69. The number of alkyl halides is 3. The molecule has 1 aromatic carbocycles. The Bertz CT molecular complexity index is 1230. The Morgan fingerprint density at radius 1 is 1.10 bits per heavy atom. The Morgan fingerprint density at radius 3 is 2.29 bits per heavy atom. The summed E-state index contributed by atoms with van der Waals surface area (Å²) >= 11 is 0. The first-order valence-corrected chi connectivity index (χ1v) is 9.00. The highest BCUT2D eigenvalue weighted by Crippen LogP contribution is 2.30. The minimum atomic E-state index is -4.81. The molecule has 3 heterocycles. The lowest BCUT2D eigenvalue weighted by Gasteiger charge is -2.39. The Kier molecular flexibility index (Phi) is 4.96. The molecule has 0 spiro atoms. The molecule has 7 nitrogen and oxygen atoms in total. The van der Waals surface area contributed by atoms with E-state index in [0.29, 0.717) is 11.1 Å². The number of hydrogen-bond acceptors (Lipinski definition) is 5. The van der Waals surface area contributed by atoms with E-state index in [4.69, 9.17) is 0 Å². The lowest BCUT2D eigenvalue weighted by Crippen LogP contribution is -2.52. The van der Waals surface area contributed by atoms with E-state index in [2.05, 4.69) is 21.3 Å². The molecular weight excluding hydrogens is 420 g/mol. The topological polar surface area (TPSA) is 77.3 Å². The minimum Gasteiger partial charge on any atom is -0.406 e. The molecule has 11 heteroatoms. The average molecular weight is 434 g/mol. The third-order valence-corrected chi connectivity index (χ3v) is 4.83. The molecule has 0 aliphatic carbocycles. The van der Waals surface area contributed by atoms with Gasteiger partial charge in [-0.05, 0) is 17.7 Å². The molecule has 1 fully saturated rings. The molecule has 4 rings (SSSR count). The smallest absolute Gasteiger partial charge is 0.406 e. The zero-order chi connectivity index (χ0) is 22.3. The van der Waals surface area contributed by atoms with Crippen molar-refractivity contribution < 1.29 is 27.1 Å². The van der Waals surface area contributed by atoms with E-state index < -0.39 is 29.7 Å². The number of rotatable bonds is 4. The molecule has 1 aliphatic heterocycles. The van der Waals surface area contributed by atoms with Crippen LogP contribution < -0.4 is 10.3 Å². The van der Waals surface area contributed by atoms with Crippen molar-refractivity contribution in [3.63, 3.8) is 0 Å². The van der Waals surface area contributed by atoms with Crippen LogP contribution in [0.1, 0.15) is 6.04 Å². The zero-order valence-electron chi connectivity index (χ0n) is 15.8. The van der Waals surface area contributed by atoms with Gasteiger partial charge in [-0.25, -0.2) is 9.37 Å². The van der Waals surface area contributed by atoms with Crippen molar-refractivity contribution >= 4 is 16.9 Å². The fraction of sp³-hybridized carbons (Fsp3) is 0.200. The normalized spacial score (nSPS) is 14.4. The SMILES string of the molecule is C=C(F)C(=O)N1CC(n2cc(-c3ccc(OC(F)(F)F)cc3)c3nccnc3c2=O)C1. The summed E-state index contributed by atoms with van der Waals surface area (Å²) in [6.07, 6.45) is -0.559. The predicted octanol–water partition coefficient (Wildman–Crippen LogP) is 3.22. The van der Waals surface area contributed by atoms with E-state index in [1.165, 1.54) is 40.2 Å². The molecule has 31 heavy (non-hydrogen) atoms. The van der Waals surface area contributed by atoms with Crippen LogP contribution in [0.25, 0.3) is 22.2 Å². The van der Waals surface area contributed by atoms with Gasteiger partial charge in [0.2, 0.25) is 0 Å². The molecule has 0 saturated carbocycles. The number of fused-ring (bicyclic) bond motifs is 1. The number of nitrogens with zero attached hydrogens (tertiary/aromatic N) is 4. The van der Waals surface area contributed by atoms with Crippen molar-refractivity contribution in [1.29, 1.82) is 0 Å². The van der Waals surface area contributed by atoms with Crippen LogP contribution in [0.15, 0.2) is 60.1 Å². The average Bonchev–Trinajstić information content (AvgIpc) is 2.68. The van der Waals surface area contributed by atoms with Crippen LogP contribution >= 0.6 is 0 Å². The highest BCUT2D eigenvalue weighted by Gasteiger charge is 2.34. The van der Waals surface area contributed by atoms with Gasteiger partial charge in [0.05, 0.1) is 6.04 Å². The summed E-state index contributed by atoms with van der Waals surface area (Å²) in [5.74, 6) is -2.32. The summed E-state index contributed by atoms with van der Waals surface area (Å²) in [5, 5.41) is 0. The van der Waals surface area contributed by atoms with Gasteiger partial charge in [-0.3, -0.25) is 14.6 Å². The van der Waals surface area contributed by atoms with E-state index in [9.17, 15) is 27.2 Å². The van der Waals surface area contributed by atoms with Gasteiger partial charge in [-0.2, -0.15) is 0 Å². The molecule has 2 aromatic heterocycles. The zero-order valence-corrected chi connectivity index (χ0v) is 15.8. The number of amides is 1.